The van der Waals surface area contributed by atoms with Gasteiger partial charge in [0, 0.05) is 35.4 Å². The molecular formula is C24H25N5OS. The highest BCUT2D eigenvalue weighted by molar-refractivity contribution is 7.15. The van der Waals surface area contributed by atoms with Crippen molar-refractivity contribution in [2.75, 3.05) is 23.3 Å². The van der Waals surface area contributed by atoms with E-state index in [0.29, 0.717) is 16.2 Å². The van der Waals surface area contributed by atoms with Crippen molar-refractivity contribution in [1.82, 2.24) is 15.0 Å². The van der Waals surface area contributed by atoms with Crippen LogP contribution >= 0.6 is 11.3 Å². The number of fused-ring (bicyclic) bond motifs is 2. The van der Waals surface area contributed by atoms with Crippen LogP contribution in [0, 0.1) is 6.92 Å². The number of hydrogen-bond donors (Lipinski definition) is 2. The van der Waals surface area contributed by atoms with Gasteiger partial charge in [-0.25, -0.2) is 9.97 Å². The molecule has 6 nitrogen and oxygen atoms in total. The second-order valence-corrected chi connectivity index (χ2v) is 9.19. The van der Waals surface area contributed by atoms with Crippen molar-refractivity contribution in [1.29, 1.82) is 0 Å². The van der Waals surface area contributed by atoms with E-state index >= 15 is 0 Å². The summed E-state index contributed by atoms with van der Waals surface area (Å²) in [7, 11) is 0. The molecular weight excluding hydrogens is 406 g/mol. The lowest BCUT2D eigenvalue weighted by Crippen LogP contribution is -2.29. The summed E-state index contributed by atoms with van der Waals surface area (Å²) in [5, 5.41) is 3.49. The van der Waals surface area contributed by atoms with Gasteiger partial charge in [0.1, 0.15) is 11.3 Å². The van der Waals surface area contributed by atoms with Crippen LogP contribution < -0.4 is 10.2 Å². The molecule has 3 heterocycles. The minimum Gasteiger partial charge on any atom is -0.371 e. The fraction of sp³-hybridized carbons (Fsp3) is 0.292. The van der Waals surface area contributed by atoms with Crippen LogP contribution in [-0.2, 0) is 6.42 Å². The van der Waals surface area contributed by atoms with Crippen LogP contribution in [-0.4, -0.2) is 33.9 Å². The molecule has 0 unspecified atom stereocenters. The molecule has 0 saturated heterocycles. The molecule has 4 aromatic rings. The molecule has 2 N–H and O–H groups in total. The summed E-state index contributed by atoms with van der Waals surface area (Å²) in [6.07, 6.45) is 5.21. The topological polar surface area (TPSA) is 73.9 Å². The number of nitrogens with zero attached hydrogens (tertiary/aromatic N) is 3. The molecule has 158 valence electrons. The fourth-order valence-corrected chi connectivity index (χ4v) is 4.89. The highest BCUT2D eigenvalue weighted by Crippen LogP contribution is 2.32. The van der Waals surface area contributed by atoms with Gasteiger partial charge in [-0.1, -0.05) is 25.1 Å². The lowest BCUT2D eigenvalue weighted by atomic mass is 9.99. The first-order chi connectivity index (χ1) is 15.1. The van der Waals surface area contributed by atoms with Gasteiger partial charge in [0.25, 0.3) is 5.91 Å². The highest BCUT2D eigenvalue weighted by Gasteiger charge is 2.19. The number of imidazole rings is 1. The maximum absolute atomic E-state index is 12.9. The summed E-state index contributed by atoms with van der Waals surface area (Å²) in [4.78, 5) is 28.9. The third kappa shape index (κ3) is 3.81. The van der Waals surface area contributed by atoms with Crippen LogP contribution in [0.15, 0.2) is 42.6 Å². The summed E-state index contributed by atoms with van der Waals surface area (Å²) in [5.74, 6) is 0.586. The normalized spacial score (nSPS) is 13.4. The number of nitrogens with one attached hydrogen (secondary N) is 2. The monoisotopic (exact) mass is 431 g/mol. The zero-order valence-electron chi connectivity index (χ0n) is 17.7. The van der Waals surface area contributed by atoms with Crippen LogP contribution in [0.4, 0.5) is 10.8 Å². The van der Waals surface area contributed by atoms with E-state index < -0.39 is 0 Å². The van der Waals surface area contributed by atoms with E-state index in [1.807, 2.05) is 19.1 Å². The molecule has 2 aromatic heterocycles. The van der Waals surface area contributed by atoms with E-state index in [-0.39, 0.29) is 5.91 Å². The summed E-state index contributed by atoms with van der Waals surface area (Å²) >= 11 is 1.46. The summed E-state index contributed by atoms with van der Waals surface area (Å²) in [6, 6.07) is 12.2. The maximum Gasteiger partial charge on any atom is 0.259 e. The molecule has 0 atom stereocenters. The van der Waals surface area contributed by atoms with Crippen molar-refractivity contribution >= 4 is 39.1 Å². The zero-order valence-corrected chi connectivity index (χ0v) is 18.6. The van der Waals surface area contributed by atoms with Gasteiger partial charge in [-0.05, 0) is 49.9 Å². The quantitative estimate of drug-likeness (QED) is 0.443. The number of para-hydroxylation sites is 1. The zero-order chi connectivity index (χ0) is 21.4. The Balaban J connectivity index is 1.50. The second kappa shape index (κ2) is 8.15. The van der Waals surface area contributed by atoms with E-state index in [4.69, 9.17) is 4.98 Å². The lowest BCUT2D eigenvalue weighted by molar-refractivity contribution is 0.102. The van der Waals surface area contributed by atoms with Crippen LogP contribution in [0.1, 0.15) is 40.6 Å². The molecule has 2 aromatic carbocycles. The van der Waals surface area contributed by atoms with Crippen LogP contribution in [0.25, 0.3) is 22.4 Å². The molecule has 5 rings (SSSR count). The predicted molar refractivity (Wildman–Crippen MR) is 127 cm³/mol. The van der Waals surface area contributed by atoms with Gasteiger partial charge >= 0.3 is 0 Å². The van der Waals surface area contributed by atoms with E-state index in [1.165, 1.54) is 29.0 Å². The van der Waals surface area contributed by atoms with Crippen molar-refractivity contribution in [3.63, 3.8) is 0 Å². The number of thiazole rings is 1. The smallest absolute Gasteiger partial charge is 0.259 e. The second-order valence-electron chi connectivity index (χ2n) is 7.95. The molecule has 0 aliphatic carbocycles. The van der Waals surface area contributed by atoms with Crippen LogP contribution in [0.3, 0.4) is 0 Å². The number of carbonyl (C=O) groups is 1. The minimum absolute atomic E-state index is 0.197. The van der Waals surface area contributed by atoms with Crippen LogP contribution in [0.5, 0.6) is 0 Å². The molecule has 1 amide bonds. The van der Waals surface area contributed by atoms with E-state index in [9.17, 15) is 4.79 Å². The number of anilines is 2. The van der Waals surface area contributed by atoms with Crippen molar-refractivity contribution in [3.8, 4) is 11.4 Å². The van der Waals surface area contributed by atoms with Crippen molar-refractivity contribution in [3.05, 3.63) is 58.6 Å². The number of aryl methyl sites for hydroxylation is 2. The van der Waals surface area contributed by atoms with Gasteiger partial charge in [-0.2, -0.15) is 0 Å². The van der Waals surface area contributed by atoms with Gasteiger partial charge in [0.15, 0.2) is 5.13 Å². The number of carbonyl (C=O) groups excluding carboxylic acids is 1. The Hall–Kier alpha value is -3.19. The average Bonchev–Trinajstić information content (AvgIpc) is 3.39. The number of rotatable bonds is 5. The minimum atomic E-state index is -0.197. The standard InChI is InChI=1S/C24H25N5OS/c1-3-11-29-12-5-6-16-9-10-17(13-20(16)29)22-26-19-8-4-7-18(21(19)27-22)23(30)28-24-25-14-15(2)31-24/h4,7-10,13-14H,3,5-6,11-12H2,1-2H3,(H,26,27)(H,25,28,30). The first-order valence-electron chi connectivity index (χ1n) is 10.7. The van der Waals surface area contributed by atoms with Gasteiger partial charge < -0.3 is 9.88 Å². The molecule has 0 saturated carbocycles. The Kier molecular flexibility index (Phi) is 5.19. The highest BCUT2D eigenvalue weighted by atomic mass is 32.1. The first kappa shape index (κ1) is 19.8. The largest absolute Gasteiger partial charge is 0.371 e. The Bertz CT molecular complexity index is 1260. The first-order valence-corrected chi connectivity index (χ1v) is 11.5. The van der Waals surface area contributed by atoms with Crippen molar-refractivity contribution in [2.45, 2.75) is 33.1 Å². The molecule has 1 aliphatic rings. The molecule has 0 fully saturated rings. The van der Waals surface area contributed by atoms with E-state index in [0.717, 1.165) is 47.7 Å². The number of aromatic nitrogens is 3. The Morgan fingerprint density at radius 3 is 3.00 bits per heavy atom. The summed E-state index contributed by atoms with van der Waals surface area (Å²) in [6.45, 7) is 6.35. The third-order valence-electron chi connectivity index (χ3n) is 5.67. The van der Waals surface area contributed by atoms with Gasteiger partial charge in [0.05, 0.1) is 11.1 Å². The Morgan fingerprint density at radius 2 is 2.19 bits per heavy atom. The van der Waals surface area contributed by atoms with Gasteiger partial charge in [-0.3, -0.25) is 10.1 Å². The fourth-order valence-electron chi connectivity index (χ4n) is 4.23. The van der Waals surface area contributed by atoms with Crippen LogP contribution in [0.2, 0.25) is 0 Å². The number of H-pyrrole nitrogens is 1. The summed E-state index contributed by atoms with van der Waals surface area (Å²) < 4.78 is 0. The van der Waals surface area contributed by atoms with Gasteiger partial charge in [-0.15, -0.1) is 11.3 Å². The molecule has 1 aliphatic heterocycles. The van der Waals surface area contributed by atoms with E-state index in [1.54, 1.807) is 12.3 Å². The SMILES string of the molecule is CCCN1CCCc2ccc(-c3nc4c(C(=O)Nc5ncc(C)s5)cccc4[nH]3)cc21. The predicted octanol–water partition coefficient (Wildman–Crippen LogP) is 5.41. The molecule has 31 heavy (non-hydrogen) atoms. The molecule has 0 bridgehead atoms. The molecule has 0 radical (unpaired) electrons. The molecule has 7 heteroatoms. The summed E-state index contributed by atoms with van der Waals surface area (Å²) in [5.41, 5.74) is 5.81. The van der Waals surface area contributed by atoms with E-state index in [2.05, 4.69) is 45.3 Å². The number of amides is 1. The Morgan fingerprint density at radius 1 is 1.29 bits per heavy atom. The number of benzene rings is 2. The number of hydrogen-bond acceptors (Lipinski definition) is 5. The average molecular weight is 432 g/mol. The third-order valence-corrected chi connectivity index (χ3v) is 6.49. The maximum atomic E-state index is 12.9. The molecule has 0 spiro atoms. The number of aromatic amines is 1. The lowest BCUT2D eigenvalue weighted by Gasteiger charge is -2.31. The van der Waals surface area contributed by atoms with Gasteiger partial charge in [0.2, 0.25) is 0 Å². The Labute approximate surface area is 185 Å². The van der Waals surface area contributed by atoms with Crippen molar-refractivity contribution in [2.24, 2.45) is 0 Å². The van der Waals surface area contributed by atoms with Crippen molar-refractivity contribution < 1.29 is 4.79 Å².